The molecule has 1 fully saturated rings. The van der Waals surface area contributed by atoms with Crippen LogP contribution in [0.1, 0.15) is 18.4 Å². The Labute approximate surface area is 107 Å². The van der Waals surface area contributed by atoms with Crippen molar-refractivity contribution in [1.29, 1.82) is 0 Å². The van der Waals surface area contributed by atoms with Crippen LogP contribution in [0.4, 0.5) is 0 Å². The Morgan fingerprint density at radius 2 is 2.11 bits per heavy atom. The largest absolute Gasteiger partial charge is 0.328 e. The van der Waals surface area contributed by atoms with Crippen molar-refractivity contribution < 1.29 is 0 Å². The minimum absolute atomic E-state index is 0.392. The standard InChI is InChI=1S/C14H18N4/c15-12-8-13(9-12)16-10-11-4-1-2-5-14(11)18-7-3-6-17-18/h1-7,12-13,16H,8-10,15H2. The van der Waals surface area contributed by atoms with Crippen LogP contribution in [0.3, 0.4) is 0 Å². The van der Waals surface area contributed by atoms with E-state index in [1.54, 1.807) is 6.20 Å². The number of nitrogens with two attached hydrogens (primary N) is 1. The van der Waals surface area contributed by atoms with Crippen LogP contribution in [0.2, 0.25) is 0 Å². The molecule has 18 heavy (non-hydrogen) atoms. The molecular weight excluding hydrogens is 224 g/mol. The molecule has 94 valence electrons. The molecule has 1 aromatic heterocycles. The molecule has 0 saturated heterocycles. The molecule has 0 unspecified atom stereocenters. The molecule has 1 aliphatic rings. The highest BCUT2D eigenvalue weighted by molar-refractivity contribution is 5.40. The number of para-hydroxylation sites is 1. The number of nitrogens with zero attached hydrogens (tertiary/aromatic N) is 2. The molecule has 1 aromatic carbocycles. The van der Waals surface area contributed by atoms with E-state index in [4.69, 9.17) is 5.73 Å². The fourth-order valence-corrected chi connectivity index (χ4v) is 2.38. The summed E-state index contributed by atoms with van der Waals surface area (Å²) in [6.45, 7) is 0.868. The van der Waals surface area contributed by atoms with E-state index in [0.717, 1.165) is 25.1 Å². The van der Waals surface area contributed by atoms with Gasteiger partial charge in [-0.3, -0.25) is 0 Å². The molecule has 3 rings (SSSR count). The van der Waals surface area contributed by atoms with E-state index in [1.165, 1.54) is 5.56 Å². The molecule has 0 amide bonds. The predicted octanol–water partition coefficient (Wildman–Crippen LogP) is 1.45. The van der Waals surface area contributed by atoms with E-state index in [1.807, 2.05) is 23.0 Å². The van der Waals surface area contributed by atoms with Gasteiger partial charge < -0.3 is 11.1 Å². The second-order valence-corrected chi connectivity index (χ2v) is 4.89. The number of hydrogen-bond donors (Lipinski definition) is 2. The highest BCUT2D eigenvalue weighted by Crippen LogP contribution is 2.19. The molecule has 4 nitrogen and oxygen atoms in total. The van der Waals surface area contributed by atoms with E-state index in [0.29, 0.717) is 12.1 Å². The quantitative estimate of drug-likeness (QED) is 0.853. The van der Waals surface area contributed by atoms with Crippen molar-refractivity contribution in [2.75, 3.05) is 0 Å². The summed E-state index contributed by atoms with van der Waals surface area (Å²) in [5, 5.41) is 7.84. The van der Waals surface area contributed by atoms with Gasteiger partial charge in [-0.25, -0.2) is 4.68 Å². The number of aromatic nitrogens is 2. The van der Waals surface area contributed by atoms with Crippen molar-refractivity contribution in [2.24, 2.45) is 5.73 Å². The monoisotopic (exact) mass is 242 g/mol. The van der Waals surface area contributed by atoms with Crippen molar-refractivity contribution in [3.8, 4) is 5.69 Å². The fourth-order valence-electron chi connectivity index (χ4n) is 2.38. The van der Waals surface area contributed by atoms with E-state index in [2.05, 4.69) is 28.6 Å². The lowest BCUT2D eigenvalue weighted by atomic mass is 9.87. The van der Waals surface area contributed by atoms with Crippen LogP contribution in [-0.4, -0.2) is 21.9 Å². The van der Waals surface area contributed by atoms with Crippen molar-refractivity contribution in [3.63, 3.8) is 0 Å². The van der Waals surface area contributed by atoms with Gasteiger partial charge in [0.15, 0.2) is 0 Å². The van der Waals surface area contributed by atoms with Gasteiger partial charge >= 0.3 is 0 Å². The molecule has 4 heteroatoms. The average molecular weight is 242 g/mol. The molecule has 3 N–H and O–H groups in total. The first-order valence-electron chi connectivity index (χ1n) is 6.40. The maximum absolute atomic E-state index is 5.79. The van der Waals surface area contributed by atoms with E-state index >= 15 is 0 Å². The lowest BCUT2D eigenvalue weighted by Crippen LogP contribution is -2.48. The minimum Gasteiger partial charge on any atom is -0.328 e. The molecule has 0 bridgehead atoms. The normalized spacial score (nSPS) is 22.7. The Morgan fingerprint density at radius 3 is 2.83 bits per heavy atom. The van der Waals surface area contributed by atoms with Crippen LogP contribution in [-0.2, 0) is 6.54 Å². The molecule has 1 heterocycles. The predicted molar refractivity (Wildman–Crippen MR) is 71.4 cm³/mol. The number of benzene rings is 1. The Hall–Kier alpha value is -1.65. The first-order valence-corrected chi connectivity index (χ1v) is 6.40. The summed E-state index contributed by atoms with van der Waals surface area (Å²) in [4.78, 5) is 0. The second-order valence-electron chi connectivity index (χ2n) is 4.89. The van der Waals surface area contributed by atoms with Crippen molar-refractivity contribution in [3.05, 3.63) is 48.3 Å². The van der Waals surface area contributed by atoms with E-state index < -0.39 is 0 Å². The third-order valence-electron chi connectivity index (χ3n) is 3.50. The minimum atomic E-state index is 0.392. The molecule has 0 aliphatic heterocycles. The van der Waals surface area contributed by atoms with Gasteiger partial charge in [-0.2, -0.15) is 5.10 Å². The van der Waals surface area contributed by atoms with Crippen LogP contribution >= 0.6 is 0 Å². The van der Waals surface area contributed by atoms with E-state index in [9.17, 15) is 0 Å². The van der Waals surface area contributed by atoms with Gasteiger partial charge in [-0.1, -0.05) is 18.2 Å². The Bertz CT molecular complexity index is 500. The summed E-state index contributed by atoms with van der Waals surface area (Å²) in [7, 11) is 0. The first kappa shape index (κ1) is 11.4. The van der Waals surface area contributed by atoms with Crippen molar-refractivity contribution in [2.45, 2.75) is 31.5 Å². The molecule has 0 radical (unpaired) electrons. The Balaban J connectivity index is 1.71. The topological polar surface area (TPSA) is 55.9 Å². The molecule has 2 aromatic rings. The average Bonchev–Trinajstić information content (AvgIpc) is 2.87. The maximum Gasteiger partial charge on any atom is 0.0690 e. The SMILES string of the molecule is NC1CC(NCc2ccccc2-n2cccn2)C1. The molecule has 0 atom stereocenters. The number of rotatable bonds is 4. The molecule has 1 saturated carbocycles. The van der Waals surface area contributed by atoms with Crippen LogP contribution < -0.4 is 11.1 Å². The molecule has 0 spiro atoms. The zero-order valence-corrected chi connectivity index (χ0v) is 10.3. The van der Waals surface area contributed by atoms with Crippen LogP contribution in [0, 0.1) is 0 Å². The summed E-state index contributed by atoms with van der Waals surface area (Å²) in [6.07, 6.45) is 5.95. The van der Waals surface area contributed by atoms with Gasteiger partial charge in [-0.05, 0) is 30.5 Å². The van der Waals surface area contributed by atoms with Gasteiger partial charge in [0.1, 0.15) is 0 Å². The second kappa shape index (κ2) is 4.92. The number of nitrogens with one attached hydrogen (secondary N) is 1. The summed E-state index contributed by atoms with van der Waals surface area (Å²) in [5.41, 5.74) is 8.19. The fraction of sp³-hybridized carbons (Fsp3) is 0.357. The van der Waals surface area contributed by atoms with Crippen LogP contribution in [0.25, 0.3) is 5.69 Å². The summed E-state index contributed by atoms with van der Waals surface area (Å²) in [6, 6.07) is 11.2. The maximum atomic E-state index is 5.79. The zero-order chi connectivity index (χ0) is 12.4. The lowest BCUT2D eigenvalue weighted by molar-refractivity contribution is 0.290. The summed E-state index contributed by atoms with van der Waals surface area (Å²) < 4.78 is 1.91. The lowest BCUT2D eigenvalue weighted by Gasteiger charge is -2.33. The molecule has 1 aliphatic carbocycles. The highest BCUT2D eigenvalue weighted by atomic mass is 15.3. The summed E-state index contributed by atoms with van der Waals surface area (Å²) >= 11 is 0. The summed E-state index contributed by atoms with van der Waals surface area (Å²) in [5.74, 6) is 0. The highest BCUT2D eigenvalue weighted by Gasteiger charge is 2.25. The van der Waals surface area contributed by atoms with Crippen LogP contribution in [0.5, 0.6) is 0 Å². The first-order chi connectivity index (χ1) is 8.83. The van der Waals surface area contributed by atoms with Gasteiger partial charge in [0.05, 0.1) is 5.69 Å². The van der Waals surface area contributed by atoms with Gasteiger partial charge in [0.25, 0.3) is 0 Å². The van der Waals surface area contributed by atoms with E-state index in [-0.39, 0.29) is 0 Å². The Morgan fingerprint density at radius 1 is 1.28 bits per heavy atom. The van der Waals surface area contributed by atoms with Crippen LogP contribution in [0.15, 0.2) is 42.7 Å². The number of hydrogen-bond acceptors (Lipinski definition) is 3. The van der Waals surface area contributed by atoms with Gasteiger partial charge in [0, 0.05) is 31.0 Å². The Kier molecular flexibility index (Phi) is 3.13. The van der Waals surface area contributed by atoms with Crippen molar-refractivity contribution >= 4 is 0 Å². The smallest absolute Gasteiger partial charge is 0.0690 e. The third kappa shape index (κ3) is 2.30. The molecular formula is C14H18N4. The van der Waals surface area contributed by atoms with Gasteiger partial charge in [0.2, 0.25) is 0 Å². The van der Waals surface area contributed by atoms with Gasteiger partial charge in [-0.15, -0.1) is 0 Å². The zero-order valence-electron chi connectivity index (χ0n) is 10.3. The third-order valence-corrected chi connectivity index (χ3v) is 3.50. The van der Waals surface area contributed by atoms with Crippen molar-refractivity contribution in [1.82, 2.24) is 15.1 Å².